The molecule has 2 heterocycles. The molecule has 1 aromatic heterocycles. The molecular formula is C20H20N4O2. The molecular weight excluding hydrogens is 328 g/mol. The first kappa shape index (κ1) is 16.3. The highest BCUT2D eigenvalue weighted by molar-refractivity contribution is 5.94. The summed E-state index contributed by atoms with van der Waals surface area (Å²) in [4.78, 5) is 12.5. The molecule has 1 amide bonds. The predicted octanol–water partition coefficient (Wildman–Crippen LogP) is 3.51. The Kier molecular flexibility index (Phi) is 4.39. The number of aromatic nitrogens is 3. The van der Waals surface area contributed by atoms with Gasteiger partial charge in [-0.05, 0) is 49.7 Å². The quantitative estimate of drug-likeness (QED) is 0.766. The number of nitrogens with zero attached hydrogens (tertiary/aromatic N) is 3. The summed E-state index contributed by atoms with van der Waals surface area (Å²) in [6.07, 6.45) is 2.04. The minimum Gasteiger partial charge on any atom is -0.457 e. The van der Waals surface area contributed by atoms with E-state index in [0.717, 1.165) is 36.8 Å². The molecule has 0 bridgehead atoms. The molecule has 0 fully saturated rings. The Hall–Kier alpha value is -3.15. The lowest BCUT2D eigenvalue weighted by atomic mass is 10.2. The van der Waals surface area contributed by atoms with E-state index >= 15 is 0 Å². The van der Waals surface area contributed by atoms with Gasteiger partial charge in [-0.1, -0.05) is 18.2 Å². The summed E-state index contributed by atoms with van der Waals surface area (Å²) >= 11 is 0. The van der Waals surface area contributed by atoms with E-state index in [9.17, 15) is 4.79 Å². The Morgan fingerprint density at radius 1 is 1.08 bits per heavy atom. The van der Waals surface area contributed by atoms with E-state index in [4.69, 9.17) is 4.74 Å². The normalized spacial score (nSPS) is 13.9. The molecule has 1 N–H and O–H groups in total. The molecule has 0 unspecified atom stereocenters. The summed E-state index contributed by atoms with van der Waals surface area (Å²) in [6.45, 7) is 2.85. The lowest BCUT2D eigenvalue weighted by molar-refractivity contribution is 0.0937. The van der Waals surface area contributed by atoms with Crippen molar-refractivity contribution in [3.05, 3.63) is 71.8 Å². The van der Waals surface area contributed by atoms with Gasteiger partial charge in [-0.2, -0.15) is 0 Å². The second-order valence-electron chi connectivity index (χ2n) is 6.36. The van der Waals surface area contributed by atoms with Crippen molar-refractivity contribution in [2.75, 3.05) is 0 Å². The lowest BCUT2D eigenvalue weighted by Gasteiger charge is -2.14. The first-order valence-corrected chi connectivity index (χ1v) is 8.76. The van der Waals surface area contributed by atoms with Gasteiger partial charge < -0.3 is 14.6 Å². The van der Waals surface area contributed by atoms with E-state index in [1.165, 1.54) is 0 Å². The number of rotatable bonds is 5. The van der Waals surface area contributed by atoms with Crippen LogP contribution < -0.4 is 10.1 Å². The molecule has 26 heavy (non-hydrogen) atoms. The number of ether oxygens (including phenoxy) is 1. The smallest absolute Gasteiger partial charge is 0.251 e. The average molecular weight is 348 g/mol. The maximum Gasteiger partial charge on any atom is 0.251 e. The van der Waals surface area contributed by atoms with E-state index in [0.29, 0.717) is 11.3 Å². The highest BCUT2D eigenvalue weighted by atomic mass is 16.5. The summed E-state index contributed by atoms with van der Waals surface area (Å²) in [5.74, 6) is 3.13. The maximum absolute atomic E-state index is 12.5. The number of hydrogen-bond acceptors (Lipinski definition) is 4. The topological polar surface area (TPSA) is 69.0 Å². The van der Waals surface area contributed by atoms with Crippen LogP contribution in [0.15, 0.2) is 54.6 Å². The van der Waals surface area contributed by atoms with E-state index in [-0.39, 0.29) is 11.9 Å². The summed E-state index contributed by atoms with van der Waals surface area (Å²) in [7, 11) is 0. The third kappa shape index (κ3) is 3.31. The number of amides is 1. The molecule has 1 aliphatic heterocycles. The third-order valence-corrected chi connectivity index (χ3v) is 4.47. The fourth-order valence-electron chi connectivity index (χ4n) is 3.14. The Bertz CT molecular complexity index is 903. The van der Waals surface area contributed by atoms with Crippen LogP contribution in [0.25, 0.3) is 0 Å². The fraction of sp³-hybridized carbons (Fsp3) is 0.250. The van der Waals surface area contributed by atoms with Crippen molar-refractivity contribution in [3.8, 4) is 11.5 Å². The van der Waals surface area contributed by atoms with Gasteiger partial charge in [-0.25, -0.2) is 0 Å². The van der Waals surface area contributed by atoms with Crippen LogP contribution in [0.2, 0.25) is 0 Å². The van der Waals surface area contributed by atoms with Gasteiger partial charge in [-0.15, -0.1) is 10.2 Å². The van der Waals surface area contributed by atoms with Gasteiger partial charge >= 0.3 is 0 Å². The molecule has 1 aliphatic rings. The van der Waals surface area contributed by atoms with Gasteiger partial charge in [0.15, 0.2) is 5.82 Å². The van der Waals surface area contributed by atoms with Crippen molar-refractivity contribution in [2.24, 2.45) is 0 Å². The number of fused-ring (bicyclic) bond motifs is 1. The first-order chi connectivity index (χ1) is 12.7. The van der Waals surface area contributed by atoms with Crippen LogP contribution in [0.5, 0.6) is 11.5 Å². The molecule has 6 nitrogen and oxygen atoms in total. The zero-order valence-corrected chi connectivity index (χ0v) is 14.6. The highest BCUT2D eigenvalue weighted by Crippen LogP contribution is 2.22. The van der Waals surface area contributed by atoms with Gasteiger partial charge in [0.05, 0.1) is 6.04 Å². The summed E-state index contributed by atoms with van der Waals surface area (Å²) in [6, 6.07) is 16.5. The Balaban J connectivity index is 1.41. The number of para-hydroxylation sites is 1. The monoisotopic (exact) mass is 348 g/mol. The van der Waals surface area contributed by atoms with Crippen LogP contribution in [0, 0.1) is 0 Å². The third-order valence-electron chi connectivity index (χ3n) is 4.47. The second kappa shape index (κ2) is 7.00. The SMILES string of the molecule is C[C@H](NC(=O)c1ccc(Oc2ccccc2)cc1)c1nnc2n1CCC2. The van der Waals surface area contributed by atoms with Crippen molar-refractivity contribution in [1.82, 2.24) is 20.1 Å². The fourth-order valence-corrected chi connectivity index (χ4v) is 3.14. The van der Waals surface area contributed by atoms with Crippen molar-refractivity contribution in [1.29, 1.82) is 0 Å². The number of carbonyl (C=O) groups is 1. The number of hydrogen-bond donors (Lipinski definition) is 1. The lowest BCUT2D eigenvalue weighted by Crippen LogP contribution is -2.28. The van der Waals surface area contributed by atoms with Gasteiger partial charge in [0.25, 0.3) is 5.91 Å². The van der Waals surface area contributed by atoms with Crippen LogP contribution in [0.1, 0.15) is 41.4 Å². The largest absolute Gasteiger partial charge is 0.457 e. The second-order valence-corrected chi connectivity index (χ2v) is 6.36. The number of benzene rings is 2. The maximum atomic E-state index is 12.5. The zero-order chi connectivity index (χ0) is 17.9. The van der Waals surface area contributed by atoms with Crippen LogP contribution >= 0.6 is 0 Å². The van der Waals surface area contributed by atoms with E-state index in [2.05, 4.69) is 20.1 Å². The molecule has 0 saturated heterocycles. The molecule has 0 saturated carbocycles. The van der Waals surface area contributed by atoms with Gasteiger partial charge in [0.2, 0.25) is 0 Å². The summed E-state index contributed by atoms with van der Waals surface area (Å²) < 4.78 is 7.85. The van der Waals surface area contributed by atoms with Crippen LogP contribution in [0.3, 0.4) is 0 Å². The first-order valence-electron chi connectivity index (χ1n) is 8.76. The van der Waals surface area contributed by atoms with Gasteiger partial charge in [-0.3, -0.25) is 4.79 Å². The minimum absolute atomic E-state index is 0.140. The molecule has 1 atom stereocenters. The molecule has 2 aromatic carbocycles. The van der Waals surface area contributed by atoms with E-state index in [1.54, 1.807) is 24.3 Å². The number of carbonyl (C=O) groups excluding carboxylic acids is 1. The van der Waals surface area contributed by atoms with Crippen molar-refractivity contribution in [3.63, 3.8) is 0 Å². The molecule has 4 rings (SSSR count). The molecule has 132 valence electrons. The van der Waals surface area contributed by atoms with Crippen molar-refractivity contribution < 1.29 is 9.53 Å². The van der Waals surface area contributed by atoms with Gasteiger partial charge in [0.1, 0.15) is 17.3 Å². The average Bonchev–Trinajstić information content (AvgIpc) is 3.26. The van der Waals surface area contributed by atoms with Crippen molar-refractivity contribution >= 4 is 5.91 Å². The number of nitrogens with one attached hydrogen (secondary N) is 1. The Morgan fingerprint density at radius 2 is 1.81 bits per heavy atom. The highest BCUT2D eigenvalue weighted by Gasteiger charge is 2.22. The van der Waals surface area contributed by atoms with E-state index < -0.39 is 0 Å². The minimum atomic E-state index is -0.193. The molecule has 0 spiro atoms. The molecule has 0 radical (unpaired) electrons. The number of aryl methyl sites for hydroxylation is 1. The van der Waals surface area contributed by atoms with Crippen LogP contribution in [-0.2, 0) is 13.0 Å². The summed E-state index contributed by atoms with van der Waals surface area (Å²) in [5.41, 5.74) is 0.582. The van der Waals surface area contributed by atoms with Crippen LogP contribution in [-0.4, -0.2) is 20.7 Å². The molecule has 6 heteroatoms. The molecule has 3 aromatic rings. The van der Waals surface area contributed by atoms with Gasteiger partial charge in [0, 0.05) is 18.5 Å². The predicted molar refractivity (Wildman–Crippen MR) is 97.2 cm³/mol. The zero-order valence-electron chi connectivity index (χ0n) is 14.6. The summed E-state index contributed by atoms with van der Waals surface area (Å²) in [5, 5.41) is 11.4. The molecule has 0 aliphatic carbocycles. The van der Waals surface area contributed by atoms with E-state index in [1.807, 2.05) is 37.3 Å². The van der Waals surface area contributed by atoms with Crippen LogP contribution in [0.4, 0.5) is 0 Å². The Morgan fingerprint density at radius 3 is 2.58 bits per heavy atom. The standard InChI is InChI=1S/C20H20N4O2/c1-14(19-23-22-18-8-5-13-24(18)19)21-20(25)15-9-11-17(12-10-15)26-16-6-3-2-4-7-16/h2-4,6-7,9-12,14H,5,8,13H2,1H3,(H,21,25)/t14-/m0/s1. The van der Waals surface area contributed by atoms with Crippen molar-refractivity contribution in [2.45, 2.75) is 32.4 Å². The Labute approximate surface area is 151 Å².